The number of anilines is 2. The lowest BCUT2D eigenvalue weighted by Crippen LogP contribution is -2.39. The maximum absolute atomic E-state index is 4.47. The highest BCUT2D eigenvalue weighted by atomic mass is 15.2. The van der Waals surface area contributed by atoms with Crippen LogP contribution in [0.1, 0.15) is 32.6 Å². The lowest BCUT2D eigenvalue weighted by atomic mass is 10.0. The molecule has 0 aliphatic carbocycles. The molecule has 1 saturated heterocycles. The van der Waals surface area contributed by atoms with E-state index in [1.165, 1.54) is 25.7 Å². The minimum absolute atomic E-state index is 0.633. The zero-order valence-corrected chi connectivity index (χ0v) is 13.0. The number of likely N-dealkylation sites (N-methyl/N-ethyl adjacent to an activating group) is 1. The Morgan fingerprint density at radius 2 is 2.20 bits per heavy atom. The van der Waals surface area contributed by atoms with Crippen LogP contribution in [0.15, 0.2) is 12.4 Å². The van der Waals surface area contributed by atoms with Gasteiger partial charge < -0.3 is 15.1 Å². The predicted octanol–water partition coefficient (Wildman–Crippen LogP) is 2.22. The van der Waals surface area contributed by atoms with Gasteiger partial charge in [0.2, 0.25) is 0 Å². The van der Waals surface area contributed by atoms with Crippen molar-refractivity contribution >= 4 is 11.6 Å². The summed E-state index contributed by atoms with van der Waals surface area (Å²) in [6.45, 7) is 5.29. The fraction of sp³-hybridized carbons (Fsp3) is 0.733. The number of nitrogens with one attached hydrogen (secondary N) is 1. The summed E-state index contributed by atoms with van der Waals surface area (Å²) < 4.78 is 0. The summed E-state index contributed by atoms with van der Waals surface area (Å²) >= 11 is 0. The van der Waals surface area contributed by atoms with Crippen LogP contribution in [0.5, 0.6) is 0 Å². The van der Waals surface area contributed by atoms with E-state index in [0.29, 0.717) is 6.04 Å². The molecular weight excluding hydrogens is 250 g/mol. The summed E-state index contributed by atoms with van der Waals surface area (Å²) in [6.07, 6.45) is 6.75. The van der Waals surface area contributed by atoms with Gasteiger partial charge in [0.25, 0.3) is 0 Å². The second-order valence-electron chi connectivity index (χ2n) is 5.74. The molecule has 0 bridgehead atoms. The first-order valence-corrected chi connectivity index (χ1v) is 7.68. The van der Waals surface area contributed by atoms with Gasteiger partial charge in [0.05, 0.1) is 0 Å². The van der Waals surface area contributed by atoms with Crippen molar-refractivity contribution in [1.82, 2.24) is 14.9 Å². The van der Waals surface area contributed by atoms with E-state index in [1.807, 2.05) is 0 Å². The summed E-state index contributed by atoms with van der Waals surface area (Å²) in [6, 6.07) is 2.72. The van der Waals surface area contributed by atoms with E-state index in [0.717, 1.165) is 31.3 Å². The minimum Gasteiger partial charge on any atom is -0.369 e. The van der Waals surface area contributed by atoms with Crippen LogP contribution in [-0.2, 0) is 0 Å². The summed E-state index contributed by atoms with van der Waals surface area (Å²) in [5.74, 6) is 2.00. The normalized spacial score (nSPS) is 19.4. The van der Waals surface area contributed by atoms with Crippen molar-refractivity contribution < 1.29 is 0 Å². The lowest BCUT2D eigenvalue weighted by Gasteiger charge is -2.36. The molecule has 1 aromatic rings. The van der Waals surface area contributed by atoms with E-state index in [4.69, 9.17) is 0 Å². The molecule has 5 heteroatoms. The van der Waals surface area contributed by atoms with E-state index in [-0.39, 0.29) is 0 Å². The molecule has 20 heavy (non-hydrogen) atoms. The zero-order valence-electron chi connectivity index (χ0n) is 13.0. The van der Waals surface area contributed by atoms with E-state index < -0.39 is 0 Å². The van der Waals surface area contributed by atoms with Gasteiger partial charge in [0, 0.05) is 31.7 Å². The molecule has 5 nitrogen and oxygen atoms in total. The predicted molar refractivity (Wildman–Crippen MR) is 84.4 cm³/mol. The van der Waals surface area contributed by atoms with Crippen LogP contribution in [0.2, 0.25) is 0 Å². The third kappa shape index (κ3) is 4.07. The van der Waals surface area contributed by atoms with Crippen molar-refractivity contribution in [3.05, 3.63) is 12.4 Å². The van der Waals surface area contributed by atoms with Crippen LogP contribution in [0.4, 0.5) is 11.6 Å². The van der Waals surface area contributed by atoms with Gasteiger partial charge in [-0.1, -0.05) is 6.92 Å². The van der Waals surface area contributed by atoms with E-state index in [9.17, 15) is 0 Å². The molecule has 2 heterocycles. The maximum atomic E-state index is 4.47. The molecule has 0 saturated carbocycles. The van der Waals surface area contributed by atoms with Gasteiger partial charge in [-0.05, 0) is 39.8 Å². The highest BCUT2D eigenvalue weighted by Gasteiger charge is 2.22. The molecule has 1 atom stereocenters. The third-order valence-corrected chi connectivity index (χ3v) is 3.91. The number of hydrogen-bond acceptors (Lipinski definition) is 5. The molecule has 0 amide bonds. The molecule has 1 aliphatic heterocycles. The van der Waals surface area contributed by atoms with Crippen LogP contribution in [0.25, 0.3) is 0 Å². The first-order chi connectivity index (χ1) is 9.70. The van der Waals surface area contributed by atoms with Crippen molar-refractivity contribution in [3.8, 4) is 0 Å². The van der Waals surface area contributed by atoms with Gasteiger partial charge in [0.15, 0.2) is 0 Å². The molecule has 1 N–H and O–H groups in total. The van der Waals surface area contributed by atoms with Gasteiger partial charge in [-0.2, -0.15) is 0 Å². The molecule has 1 unspecified atom stereocenters. The van der Waals surface area contributed by atoms with Gasteiger partial charge in [-0.25, -0.2) is 9.97 Å². The van der Waals surface area contributed by atoms with E-state index in [2.05, 4.69) is 52.2 Å². The first-order valence-electron chi connectivity index (χ1n) is 7.68. The van der Waals surface area contributed by atoms with Crippen molar-refractivity contribution in [2.24, 2.45) is 0 Å². The molecule has 0 aromatic carbocycles. The van der Waals surface area contributed by atoms with Crippen molar-refractivity contribution in [2.75, 3.05) is 43.9 Å². The Kier molecular flexibility index (Phi) is 5.59. The number of aromatic nitrogens is 2. The summed E-state index contributed by atoms with van der Waals surface area (Å²) in [5, 5.41) is 3.37. The van der Waals surface area contributed by atoms with Crippen molar-refractivity contribution in [3.63, 3.8) is 0 Å². The molecule has 112 valence electrons. The Bertz CT molecular complexity index is 407. The number of nitrogens with zero attached hydrogens (tertiary/aromatic N) is 4. The van der Waals surface area contributed by atoms with Crippen LogP contribution in [0, 0.1) is 0 Å². The molecule has 1 aliphatic rings. The molecule has 0 spiro atoms. The van der Waals surface area contributed by atoms with Crippen LogP contribution < -0.4 is 10.2 Å². The summed E-state index contributed by atoms with van der Waals surface area (Å²) in [7, 11) is 4.15. The second-order valence-corrected chi connectivity index (χ2v) is 5.74. The van der Waals surface area contributed by atoms with Gasteiger partial charge in [0.1, 0.15) is 18.0 Å². The molecule has 0 radical (unpaired) electrons. The average Bonchev–Trinajstić information content (AvgIpc) is 2.47. The Morgan fingerprint density at radius 1 is 1.35 bits per heavy atom. The first kappa shape index (κ1) is 15.0. The van der Waals surface area contributed by atoms with Crippen LogP contribution in [-0.4, -0.2) is 54.6 Å². The fourth-order valence-corrected chi connectivity index (χ4v) is 2.74. The third-order valence-electron chi connectivity index (χ3n) is 3.91. The monoisotopic (exact) mass is 277 g/mol. The minimum atomic E-state index is 0.633. The number of hydrogen-bond donors (Lipinski definition) is 1. The SMILES string of the molecule is CCC1CCCCN1c1cc(NCCN(C)C)ncn1. The quantitative estimate of drug-likeness (QED) is 0.864. The topological polar surface area (TPSA) is 44.3 Å². The molecule has 1 aromatic heterocycles. The molecular formula is C15H27N5. The highest BCUT2D eigenvalue weighted by molar-refractivity contribution is 5.49. The fourth-order valence-electron chi connectivity index (χ4n) is 2.74. The van der Waals surface area contributed by atoms with Crippen molar-refractivity contribution in [2.45, 2.75) is 38.6 Å². The van der Waals surface area contributed by atoms with Crippen LogP contribution >= 0.6 is 0 Å². The Morgan fingerprint density at radius 3 is 2.95 bits per heavy atom. The average molecular weight is 277 g/mol. The van der Waals surface area contributed by atoms with E-state index in [1.54, 1.807) is 6.33 Å². The number of rotatable bonds is 6. The largest absolute Gasteiger partial charge is 0.369 e. The summed E-state index contributed by atoms with van der Waals surface area (Å²) in [4.78, 5) is 13.4. The van der Waals surface area contributed by atoms with Crippen LogP contribution in [0.3, 0.4) is 0 Å². The Labute approximate surface area is 122 Å². The zero-order chi connectivity index (χ0) is 14.4. The standard InChI is InChI=1S/C15H27N5/c1-4-13-7-5-6-9-20(13)15-11-14(17-12-18-15)16-8-10-19(2)3/h11-13H,4-10H2,1-3H3,(H,16,17,18). The number of piperidine rings is 1. The molecule has 1 fully saturated rings. The Hall–Kier alpha value is -1.36. The van der Waals surface area contributed by atoms with Gasteiger partial charge >= 0.3 is 0 Å². The maximum Gasteiger partial charge on any atom is 0.134 e. The second kappa shape index (κ2) is 7.43. The van der Waals surface area contributed by atoms with E-state index >= 15 is 0 Å². The Balaban J connectivity index is 2.00. The van der Waals surface area contributed by atoms with Crippen molar-refractivity contribution in [1.29, 1.82) is 0 Å². The highest BCUT2D eigenvalue weighted by Crippen LogP contribution is 2.25. The summed E-state index contributed by atoms with van der Waals surface area (Å²) in [5.41, 5.74) is 0. The lowest BCUT2D eigenvalue weighted by molar-refractivity contribution is 0.425. The molecule has 2 rings (SSSR count). The van der Waals surface area contributed by atoms with Gasteiger partial charge in [-0.15, -0.1) is 0 Å². The smallest absolute Gasteiger partial charge is 0.134 e. The van der Waals surface area contributed by atoms with Gasteiger partial charge in [-0.3, -0.25) is 0 Å².